The standard InChI is InChI=1S/C5H4N2S.C2H6/c1-2-8-7-4-6-3-5(1)7;1-2/h1-4H;1-2H3. The normalized spacial score (nSPS) is 9.00. The van der Waals surface area contributed by atoms with E-state index in [-0.39, 0.29) is 0 Å². The minimum atomic E-state index is 1.18. The van der Waals surface area contributed by atoms with Crippen molar-refractivity contribution in [2.24, 2.45) is 0 Å². The molecular formula is C7H10N2S. The molecule has 0 atom stereocenters. The van der Waals surface area contributed by atoms with Gasteiger partial charge in [0, 0.05) is 5.38 Å². The van der Waals surface area contributed by atoms with Gasteiger partial charge in [0.25, 0.3) is 0 Å². The number of hydrogen-bond acceptors (Lipinski definition) is 2. The Balaban J connectivity index is 0.000000231. The first-order valence-corrected chi connectivity index (χ1v) is 4.16. The summed E-state index contributed by atoms with van der Waals surface area (Å²) in [5, 5.41) is 2.04. The van der Waals surface area contributed by atoms with Gasteiger partial charge in [-0.25, -0.2) is 4.98 Å². The highest BCUT2D eigenvalue weighted by molar-refractivity contribution is 7.04. The molecule has 0 radical (unpaired) electrons. The van der Waals surface area contributed by atoms with Gasteiger partial charge in [-0.05, 0) is 6.07 Å². The van der Waals surface area contributed by atoms with Gasteiger partial charge in [-0.15, -0.1) is 0 Å². The van der Waals surface area contributed by atoms with E-state index in [1.54, 1.807) is 17.9 Å². The zero-order valence-corrected chi connectivity index (χ0v) is 6.93. The van der Waals surface area contributed by atoms with E-state index >= 15 is 0 Å². The van der Waals surface area contributed by atoms with E-state index in [9.17, 15) is 0 Å². The maximum absolute atomic E-state index is 3.93. The average molecular weight is 154 g/mol. The van der Waals surface area contributed by atoms with Gasteiger partial charge in [0.1, 0.15) is 6.33 Å². The highest BCUT2D eigenvalue weighted by atomic mass is 32.1. The summed E-state index contributed by atoms with van der Waals surface area (Å²) < 4.78 is 2.01. The average Bonchev–Trinajstić information content (AvgIpc) is 2.49. The Kier molecular flexibility index (Phi) is 2.45. The molecule has 2 aromatic heterocycles. The fourth-order valence-corrected chi connectivity index (χ4v) is 1.33. The Bertz CT molecular complexity index is 233. The van der Waals surface area contributed by atoms with Gasteiger partial charge in [-0.1, -0.05) is 25.4 Å². The van der Waals surface area contributed by atoms with Gasteiger partial charge in [-0.3, -0.25) is 3.79 Å². The lowest BCUT2D eigenvalue weighted by Gasteiger charge is -1.71. The molecule has 0 aliphatic carbocycles. The molecule has 2 nitrogen and oxygen atoms in total. The van der Waals surface area contributed by atoms with Gasteiger partial charge >= 0.3 is 0 Å². The van der Waals surface area contributed by atoms with Gasteiger partial charge < -0.3 is 0 Å². The van der Waals surface area contributed by atoms with Crippen LogP contribution in [-0.4, -0.2) is 8.77 Å². The van der Waals surface area contributed by atoms with Crippen LogP contribution >= 0.6 is 11.5 Å². The Hall–Kier alpha value is -0.830. The fraction of sp³-hybridized carbons (Fsp3) is 0.286. The summed E-state index contributed by atoms with van der Waals surface area (Å²) in [6.07, 6.45) is 3.65. The quantitative estimate of drug-likeness (QED) is 0.569. The number of nitrogens with zero attached hydrogens (tertiary/aromatic N) is 2. The topological polar surface area (TPSA) is 17.3 Å². The Morgan fingerprint density at radius 1 is 1.50 bits per heavy atom. The zero-order valence-electron chi connectivity index (χ0n) is 6.11. The summed E-state index contributed by atoms with van der Waals surface area (Å²) >= 11 is 1.65. The molecule has 54 valence electrons. The molecular weight excluding hydrogens is 144 g/mol. The maximum atomic E-state index is 3.93. The fourth-order valence-electron chi connectivity index (χ4n) is 0.664. The molecule has 3 heteroatoms. The van der Waals surface area contributed by atoms with Crippen molar-refractivity contribution < 1.29 is 0 Å². The second-order valence-electron chi connectivity index (χ2n) is 1.55. The van der Waals surface area contributed by atoms with Crippen molar-refractivity contribution in [1.29, 1.82) is 0 Å². The van der Waals surface area contributed by atoms with Crippen LogP contribution in [0.5, 0.6) is 0 Å². The second kappa shape index (κ2) is 3.37. The van der Waals surface area contributed by atoms with Crippen LogP contribution in [0.25, 0.3) is 5.52 Å². The molecule has 0 aliphatic heterocycles. The monoisotopic (exact) mass is 154 g/mol. The number of rotatable bonds is 0. The van der Waals surface area contributed by atoms with Crippen molar-refractivity contribution in [3.05, 3.63) is 24.0 Å². The Morgan fingerprint density at radius 3 is 3.00 bits per heavy atom. The molecule has 0 spiro atoms. The predicted octanol–water partition coefficient (Wildman–Crippen LogP) is 2.42. The molecule has 2 aromatic rings. The van der Waals surface area contributed by atoms with E-state index in [1.807, 2.05) is 35.3 Å². The van der Waals surface area contributed by atoms with Gasteiger partial charge in [0.2, 0.25) is 0 Å². The third kappa shape index (κ3) is 1.19. The molecule has 0 saturated heterocycles. The second-order valence-corrected chi connectivity index (χ2v) is 2.43. The van der Waals surface area contributed by atoms with E-state index < -0.39 is 0 Å². The lowest BCUT2D eigenvalue weighted by atomic mass is 10.6. The minimum Gasteiger partial charge on any atom is -0.254 e. The first-order chi connectivity index (χ1) is 4.97. The summed E-state index contributed by atoms with van der Waals surface area (Å²) in [7, 11) is 0. The minimum absolute atomic E-state index is 1.18. The maximum Gasteiger partial charge on any atom is 0.109 e. The molecule has 10 heavy (non-hydrogen) atoms. The van der Waals surface area contributed by atoms with Crippen LogP contribution in [0.3, 0.4) is 0 Å². The third-order valence-electron chi connectivity index (χ3n) is 1.05. The van der Waals surface area contributed by atoms with Crippen LogP contribution in [0.15, 0.2) is 24.0 Å². The molecule has 0 aromatic carbocycles. The van der Waals surface area contributed by atoms with Crippen molar-refractivity contribution in [3.8, 4) is 0 Å². The SMILES string of the molecule is CC.c1cc2cncn2s1. The number of imidazole rings is 1. The first kappa shape index (κ1) is 7.28. The van der Waals surface area contributed by atoms with Crippen LogP contribution in [0.4, 0.5) is 0 Å². The molecule has 0 bridgehead atoms. The summed E-state index contributed by atoms with van der Waals surface area (Å²) in [6.45, 7) is 4.00. The molecule has 2 rings (SSSR count). The van der Waals surface area contributed by atoms with Crippen LogP contribution in [0.1, 0.15) is 13.8 Å². The lowest BCUT2D eigenvalue weighted by molar-refractivity contribution is 1.28. The van der Waals surface area contributed by atoms with Crippen molar-refractivity contribution in [1.82, 2.24) is 8.77 Å². The third-order valence-corrected chi connectivity index (χ3v) is 1.84. The van der Waals surface area contributed by atoms with Crippen molar-refractivity contribution >= 4 is 17.0 Å². The van der Waals surface area contributed by atoms with Gasteiger partial charge in [-0.2, -0.15) is 0 Å². The summed E-state index contributed by atoms with van der Waals surface area (Å²) in [5.74, 6) is 0. The Morgan fingerprint density at radius 2 is 2.30 bits per heavy atom. The van der Waals surface area contributed by atoms with Crippen LogP contribution in [0, 0.1) is 0 Å². The Labute approximate surface area is 64.3 Å². The van der Waals surface area contributed by atoms with E-state index in [2.05, 4.69) is 4.98 Å². The van der Waals surface area contributed by atoms with Crippen LogP contribution < -0.4 is 0 Å². The number of fused-ring (bicyclic) bond motifs is 1. The zero-order chi connectivity index (χ0) is 7.40. The number of hydrogen-bond donors (Lipinski definition) is 0. The molecule has 0 fully saturated rings. The van der Waals surface area contributed by atoms with Gasteiger partial charge in [0.15, 0.2) is 0 Å². The lowest BCUT2D eigenvalue weighted by Crippen LogP contribution is -1.61. The molecule has 0 N–H and O–H groups in total. The van der Waals surface area contributed by atoms with E-state index in [1.165, 1.54) is 5.52 Å². The molecule has 2 heterocycles. The summed E-state index contributed by atoms with van der Waals surface area (Å²) in [4.78, 5) is 3.93. The first-order valence-electron chi connectivity index (χ1n) is 3.33. The molecule has 0 amide bonds. The van der Waals surface area contributed by atoms with E-state index in [4.69, 9.17) is 0 Å². The van der Waals surface area contributed by atoms with Crippen LogP contribution in [-0.2, 0) is 0 Å². The summed E-state index contributed by atoms with van der Waals surface area (Å²) in [5.41, 5.74) is 1.18. The number of aromatic nitrogens is 2. The molecule has 0 unspecified atom stereocenters. The van der Waals surface area contributed by atoms with Gasteiger partial charge in [0.05, 0.1) is 11.7 Å². The largest absolute Gasteiger partial charge is 0.254 e. The van der Waals surface area contributed by atoms with Crippen molar-refractivity contribution in [2.75, 3.05) is 0 Å². The molecule has 0 saturated carbocycles. The highest BCUT2D eigenvalue weighted by Crippen LogP contribution is 2.05. The predicted molar refractivity (Wildman–Crippen MR) is 44.4 cm³/mol. The van der Waals surface area contributed by atoms with Crippen LogP contribution in [0.2, 0.25) is 0 Å². The highest BCUT2D eigenvalue weighted by Gasteiger charge is 1.88. The smallest absolute Gasteiger partial charge is 0.109 e. The summed E-state index contributed by atoms with van der Waals surface area (Å²) in [6, 6.07) is 2.04. The molecule has 0 aliphatic rings. The van der Waals surface area contributed by atoms with Crippen molar-refractivity contribution in [3.63, 3.8) is 0 Å². The van der Waals surface area contributed by atoms with E-state index in [0.717, 1.165) is 0 Å². The van der Waals surface area contributed by atoms with E-state index in [0.29, 0.717) is 0 Å². The van der Waals surface area contributed by atoms with Crippen molar-refractivity contribution in [2.45, 2.75) is 13.8 Å².